The summed E-state index contributed by atoms with van der Waals surface area (Å²) in [5, 5.41) is 12.1. The standard InChI is InChI=1S/C29H25N3O5/c1-4-29(35)20-11-22-27-19(13-32(22)28(34)17(20)10-25(29)33)26(15-5-7-16(8-6-15)31(2)3)18-9-23-24(37-14-36-23)12-21(18)30-27/h5-9,11-12,35H,4,10,13-14H2,1-3H3. The quantitative estimate of drug-likeness (QED) is 0.409. The van der Waals surface area contributed by atoms with Crippen LogP contribution in [-0.4, -0.2) is 41.3 Å². The maximum Gasteiger partial charge on any atom is 0.255 e. The first-order valence-corrected chi connectivity index (χ1v) is 12.4. The molecular weight excluding hydrogens is 470 g/mol. The van der Waals surface area contributed by atoms with E-state index in [-0.39, 0.29) is 31.0 Å². The Morgan fingerprint density at radius 2 is 1.78 bits per heavy atom. The minimum absolute atomic E-state index is 0.0508. The molecule has 2 aliphatic heterocycles. The second kappa shape index (κ2) is 7.43. The molecule has 0 saturated carbocycles. The van der Waals surface area contributed by atoms with E-state index in [0.717, 1.165) is 33.3 Å². The highest BCUT2D eigenvalue weighted by Crippen LogP contribution is 2.46. The van der Waals surface area contributed by atoms with Crippen LogP contribution in [0.15, 0.2) is 47.3 Å². The third-order valence-corrected chi connectivity index (χ3v) is 7.97. The van der Waals surface area contributed by atoms with Crippen molar-refractivity contribution >= 4 is 22.4 Å². The van der Waals surface area contributed by atoms with Gasteiger partial charge in [0.25, 0.3) is 5.56 Å². The summed E-state index contributed by atoms with van der Waals surface area (Å²) < 4.78 is 13.0. The van der Waals surface area contributed by atoms with E-state index in [2.05, 4.69) is 24.3 Å². The highest BCUT2D eigenvalue weighted by atomic mass is 16.7. The van der Waals surface area contributed by atoms with Crippen LogP contribution in [0.2, 0.25) is 0 Å². The molecule has 0 amide bonds. The van der Waals surface area contributed by atoms with Gasteiger partial charge in [-0.05, 0) is 41.8 Å². The van der Waals surface area contributed by atoms with Crippen molar-refractivity contribution in [3.8, 4) is 34.0 Å². The van der Waals surface area contributed by atoms with Gasteiger partial charge in [0.15, 0.2) is 17.3 Å². The molecule has 4 heterocycles. The van der Waals surface area contributed by atoms with Gasteiger partial charge in [-0.25, -0.2) is 4.98 Å². The maximum absolute atomic E-state index is 13.6. The van der Waals surface area contributed by atoms with Crippen molar-refractivity contribution < 1.29 is 19.4 Å². The Bertz CT molecular complexity index is 1720. The first-order valence-electron chi connectivity index (χ1n) is 12.4. The molecule has 7 rings (SSSR count). The Hall–Kier alpha value is -4.17. The lowest BCUT2D eigenvalue weighted by atomic mass is 9.91. The number of aromatic nitrogens is 2. The second-order valence-corrected chi connectivity index (χ2v) is 10.1. The van der Waals surface area contributed by atoms with Crippen molar-refractivity contribution in [2.24, 2.45) is 0 Å². The number of pyridine rings is 2. The molecule has 8 nitrogen and oxygen atoms in total. The molecule has 1 atom stereocenters. The fraction of sp³-hybridized carbons (Fsp3) is 0.276. The largest absolute Gasteiger partial charge is 0.454 e. The molecule has 4 aromatic rings. The number of nitrogens with zero attached hydrogens (tertiary/aromatic N) is 3. The van der Waals surface area contributed by atoms with E-state index in [1.807, 2.05) is 31.1 Å². The summed E-state index contributed by atoms with van der Waals surface area (Å²) in [5.74, 6) is 0.968. The number of benzene rings is 2. The molecule has 8 heteroatoms. The van der Waals surface area contributed by atoms with Crippen LogP contribution in [0.5, 0.6) is 11.5 Å². The van der Waals surface area contributed by atoms with Gasteiger partial charge in [0, 0.05) is 54.3 Å². The highest BCUT2D eigenvalue weighted by molar-refractivity contribution is 6.02. The molecule has 1 unspecified atom stereocenters. The van der Waals surface area contributed by atoms with E-state index < -0.39 is 5.60 Å². The van der Waals surface area contributed by atoms with Gasteiger partial charge in [-0.3, -0.25) is 9.59 Å². The molecule has 0 radical (unpaired) electrons. The Labute approximate surface area is 212 Å². The fourth-order valence-electron chi connectivity index (χ4n) is 5.90. The number of ether oxygens (including phenoxy) is 2. The van der Waals surface area contributed by atoms with Gasteiger partial charge in [-0.15, -0.1) is 0 Å². The zero-order valence-corrected chi connectivity index (χ0v) is 20.8. The molecule has 1 N–H and O–H groups in total. The minimum atomic E-state index is -1.64. The minimum Gasteiger partial charge on any atom is -0.454 e. The van der Waals surface area contributed by atoms with E-state index in [4.69, 9.17) is 14.5 Å². The molecule has 37 heavy (non-hydrogen) atoms. The van der Waals surface area contributed by atoms with Gasteiger partial charge >= 0.3 is 0 Å². The van der Waals surface area contributed by atoms with Crippen molar-refractivity contribution in [1.29, 1.82) is 0 Å². The van der Waals surface area contributed by atoms with Gasteiger partial charge < -0.3 is 24.0 Å². The molecule has 0 spiro atoms. The van der Waals surface area contributed by atoms with Crippen LogP contribution >= 0.6 is 0 Å². The normalized spacial score (nSPS) is 18.8. The number of aliphatic hydroxyl groups is 1. The van der Waals surface area contributed by atoms with Crippen LogP contribution in [0.3, 0.4) is 0 Å². The molecular formula is C29H25N3O5. The van der Waals surface area contributed by atoms with E-state index in [9.17, 15) is 14.7 Å². The van der Waals surface area contributed by atoms with Crippen LogP contribution in [0, 0.1) is 0 Å². The number of ketones is 1. The Kier molecular flexibility index (Phi) is 4.43. The van der Waals surface area contributed by atoms with E-state index in [1.165, 1.54) is 0 Å². The number of fused-ring (bicyclic) bond motifs is 6. The number of rotatable bonds is 3. The number of hydrogen-bond donors (Lipinski definition) is 1. The summed E-state index contributed by atoms with van der Waals surface area (Å²) in [4.78, 5) is 33.3. The lowest BCUT2D eigenvalue weighted by Gasteiger charge is -2.20. The first kappa shape index (κ1) is 22.1. The molecule has 0 saturated heterocycles. The third-order valence-electron chi connectivity index (χ3n) is 7.97. The number of anilines is 1. The molecule has 0 fully saturated rings. The van der Waals surface area contributed by atoms with Crippen LogP contribution in [0.25, 0.3) is 33.4 Å². The van der Waals surface area contributed by atoms with Gasteiger partial charge in [0.1, 0.15) is 5.60 Å². The molecule has 186 valence electrons. The number of carbonyl (C=O) groups excluding carboxylic acids is 1. The second-order valence-electron chi connectivity index (χ2n) is 10.1. The lowest BCUT2D eigenvalue weighted by molar-refractivity contribution is -0.136. The summed E-state index contributed by atoms with van der Waals surface area (Å²) in [6, 6.07) is 13.9. The zero-order valence-electron chi connectivity index (χ0n) is 20.8. The summed E-state index contributed by atoms with van der Waals surface area (Å²) in [6.07, 6.45) is 0.164. The SMILES string of the molecule is CCC1(O)C(=O)Cc2c1cc1n(c2=O)Cc2c-1nc1cc3c(cc1c2-c1ccc(N(C)C)cc1)OCO3. The van der Waals surface area contributed by atoms with E-state index in [0.29, 0.717) is 40.6 Å². The summed E-state index contributed by atoms with van der Waals surface area (Å²) in [5.41, 5.74) is 4.92. The van der Waals surface area contributed by atoms with Crippen LogP contribution in [0.1, 0.15) is 30.0 Å². The Morgan fingerprint density at radius 3 is 2.49 bits per heavy atom. The van der Waals surface area contributed by atoms with Crippen molar-refractivity contribution in [2.45, 2.75) is 31.9 Å². The van der Waals surface area contributed by atoms with Crippen LogP contribution in [-0.2, 0) is 23.4 Å². The zero-order chi connectivity index (χ0) is 25.6. The van der Waals surface area contributed by atoms with Crippen molar-refractivity contribution in [2.75, 3.05) is 25.8 Å². The van der Waals surface area contributed by atoms with Crippen molar-refractivity contribution in [1.82, 2.24) is 9.55 Å². The van der Waals surface area contributed by atoms with Gasteiger partial charge in [0.2, 0.25) is 6.79 Å². The summed E-state index contributed by atoms with van der Waals surface area (Å²) in [7, 11) is 4.00. The van der Waals surface area contributed by atoms with E-state index >= 15 is 0 Å². The molecule has 3 aliphatic rings. The molecule has 2 aromatic carbocycles. The lowest BCUT2D eigenvalue weighted by Crippen LogP contribution is -2.31. The average Bonchev–Trinajstić information content (AvgIpc) is 3.57. The first-order chi connectivity index (χ1) is 17.8. The number of carbonyl (C=O) groups is 1. The summed E-state index contributed by atoms with van der Waals surface area (Å²) >= 11 is 0. The maximum atomic E-state index is 13.6. The Morgan fingerprint density at radius 1 is 1.05 bits per heavy atom. The van der Waals surface area contributed by atoms with Crippen LogP contribution in [0.4, 0.5) is 5.69 Å². The average molecular weight is 496 g/mol. The topological polar surface area (TPSA) is 93.9 Å². The smallest absolute Gasteiger partial charge is 0.255 e. The van der Waals surface area contributed by atoms with Gasteiger partial charge in [-0.2, -0.15) is 0 Å². The number of Topliss-reactive ketones (excluding diaryl/α,β-unsaturated/α-hetero) is 1. The number of hydrogen-bond acceptors (Lipinski definition) is 7. The van der Waals surface area contributed by atoms with Crippen molar-refractivity contribution in [3.05, 3.63) is 69.5 Å². The van der Waals surface area contributed by atoms with E-state index in [1.54, 1.807) is 17.6 Å². The fourth-order valence-corrected chi connectivity index (χ4v) is 5.90. The summed E-state index contributed by atoms with van der Waals surface area (Å²) in [6.45, 7) is 2.25. The molecule has 1 aliphatic carbocycles. The van der Waals surface area contributed by atoms with Gasteiger partial charge in [-0.1, -0.05) is 19.1 Å². The van der Waals surface area contributed by atoms with Crippen molar-refractivity contribution in [3.63, 3.8) is 0 Å². The van der Waals surface area contributed by atoms with Crippen LogP contribution < -0.4 is 19.9 Å². The molecule has 0 bridgehead atoms. The predicted molar refractivity (Wildman–Crippen MR) is 139 cm³/mol. The monoisotopic (exact) mass is 495 g/mol. The highest BCUT2D eigenvalue weighted by Gasteiger charge is 2.46. The third kappa shape index (κ3) is 2.90. The Balaban J connectivity index is 1.53. The molecule has 2 aromatic heterocycles. The predicted octanol–water partition coefficient (Wildman–Crippen LogP) is 3.61. The van der Waals surface area contributed by atoms with Gasteiger partial charge in [0.05, 0.1) is 23.4 Å².